The minimum absolute atomic E-state index is 0. The molecular formula is C29H37ClN2O4. The van der Waals surface area contributed by atoms with Crippen LogP contribution in [0.1, 0.15) is 57.4 Å². The summed E-state index contributed by atoms with van der Waals surface area (Å²) in [5.41, 5.74) is 4.24. The highest BCUT2D eigenvalue weighted by atomic mass is 35.5. The Labute approximate surface area is 220 Å². The third kappa shape index (κ3) is 5.86. The zero-order chi connectivity index (χ0) is 24.8. The topological polar surface area (TPSA) is 60.7 Å². The molecule has 1 amide bonds. The Balaban J connectivity index is 0.00000361. The molecule has 0 unspecified atom stereocenters. The van der Waals surface area contributed by atoms with Gasteiger partial charge in [-0.1, -0.05) is 45.1 Å². The van der Waals surface area contributed by atoms with Crippen molar-refractivity contribution < 1.29 is 36.0 Å². The van der Waals surface area contributed by atoms with E-state index >= 15 is 0 Å². The molecule has 0 spiro atoms. The lowest BCUT2D eigenvalue weighted by atomic mass is 9.95. The largest absolute Gasteiger partial charge is 1.00 e. The lowest BCUT2D eigenvalue weighted by Crippen LogP contribution is -3.00. The van der Waals surface area contributed by atoms with Gasteiger partial charge in [-0.15, -0.1) is 0 Å². The number of methoxy groups -OCH3 is 3. The van der Waals surface area contributed by atoms with Crippen molar-refractivity contribution in [3.63, 3.8) is 0 Å². The number of hydrogen-bond acceptors (Lipinski definition) is 4. The van der Waals surface area contributed by atoms with Crippen molar-refractivity contribution in [1.29, 1.82) is 0 Å². The molecule has 6 nitrogen and oxygen atoms in total. The molecule has 36 heavy (non-hydrogen) atoms. The van der Waals surface area contributed by atoms with Gasteiger partial charge in [0.2, 0.25) is 11.6 Å². The Morgan fingerprint density at radius 1 is 0.917 bits per heavy atom. The number of unbranched alkanes of at least 4 members (excludes halogenated alkanes) is 5. The summed E-state index contributed by atoms with van der Waals surface area (Å²) < 4.78 is 18.9. The molecule has 0 saturated heterocycles. The Kier molecular flexibility index (Phi) is 9.82. The minimum atomic E-state index is 0. The van der Waals surface area contributed by atoms with Crippen molar-refractivity contribution in [2.75, 3.05) is 26.6 Å². The van der Waals surface area contributed by atoms with Gasteiger partial charge < -0.3 is 31.9 Å². The first-order valence-electron chi connectivity index (χ1n) is 12.7. The molecule has 194 valence electrons. The number of halogens is 1. The molecule has 2 heterocycles. The molecule has 2 aromatic carbocycles. The van der Waals surface area contributed by atoms with Crippen molar-refractivity contribution in [3.8, 4) is 28.5 Å². The highest BCUT2D eigenvalue weighted by Crippen LogP contribution is 2.39. The molecule has 7 heteroatoms. The van der Waals surface area contributed by atoms with E-state index in [1.54, 1.807) is 21.3 Å². The standard InChI is InChI=1S/C29H36N2O4.ClH/c1-5-6-7-8-9-10-11-28(32)30-29-23-19-31-15-14-21-17-26(34-3)27(35-4)18-22(21)24(31)16-20(23)12-13-25(29)33-2;/h12-13,16-19H,5-11,14-15H2,1-4H3;1H. The summed E-state index contributed by atoms with van der Waals surface area (Å²) in [5, 5.41) is 5.18. The molecule has 3 aromatic rings. The van der Waals surface area contributed by atoms with Crippen LogP contribution < -0.4 is 36.5 Å². The predicted octanol–water partition coefficient (Wildman–Crippen LogP) is 3.07. The summed E-state index contributed by atoms with van der Waals surface area (Å²) in [6.07, 6.45) is 10.5. The molecule has 1 aromatic heterocycles. The molecule has 0 atom stereocenters. The van der Waals surface area contributed by atoms with Gasteiger partial charge in [-0.2, -0.15) is 4.57 Å². The first kappa shape index (κ1) is 27.6. The van der Waals surface area contributed by atoms with Gasteiger partial charge in [0.15, 0.2) is 24.2 Å². The number of aryl methyl sites for hydroxylation is 2. The summed E-state index contributed by atoms with van der Waals surface area (Å²) in [4.78, 5) is 12.8. The van der Waals surface area contributed by atoms with Crippen LogP contribution in [0.15, 0.2) is 36.5 Å². The quantitative estimate of drug-likeness (QED) is 0.317. The van der Waals surface area contributed by atoms with Crippen LogP contribution in [0.25, 0.3) is 22.0 Å². The maximum Gasteiger partial charge on any atom is 0.224 e. The second kappa shape index (κ2) is 12.8. The third-order valence-corrected chi connectivity index (χ3v) is 6.88. The summed E-state index contributed by atoms with van der Waals surface area (Å²) in [7, 11) is 4.97. The van der Waals surface area contributed by atoms with Crippen molar-refractivity contribution >= 4 is 22.4 Å². The van der Waals surface area contributed by atoms with Crippen LogP contribution in [0.5, 0.6) is 17.2 Å². The van der Waals surface area contributed by atoms with Crippen molar-refractivity contribution in [2.24, 2.45) is 0 Å². The van der Waals surface area contributed by atoms with Gasteiger partial charge in [0.1, 0.15) is 5.75 Å². The van der Waals surface area contributed by atoms with Crippen LogP contribution in [-0.2, 0) is 17.8 Å². The average Bonchev–Trinajstić information content (AvgIpc) is 2.88. The number of rotatable bonds is 11. The Hall–Kier alpha value is -2.99. The first-order valence-corrected chi connectivity index (χ1v) is 12.7. The Bertz CT molecular complexity index is 1210. The SMILES string of the molecule is CCCCCCCCC(=O)Nc1c(OC)ccc2cc3[n+](cc12)CCc1cc(OC)c(OC)cc1-3.[Cl-]. The van der Waals surface area contributed by atoms with Crippen LogP contribution in [0.4, 0.5) is 5.69 Å². The lowest BCUT2D eigenvalue weighted by Gasteiger charge is -2.19. The number of aromatic nitrogens is 1. The second-order valence-electron chi connectivity index (χ2n) is 9.18. The number of nitrogens with zero attached hydrogens (tertiary/aromatic N) is 1. The third-order valence-electron chi connectivity index (χ3n) is 6.88. The first-order chi connectivity index (χ1) is 17.1. The minimum Gasteiger partial charge on any atom is -1.00 e. The van der Waals surface area contributed by atoms with Crippen LogP contribution in [0, 0.1) is 0 Å². The zero-order valence-corrected chi connectivity index (χ0v) is 22.5. The average molecular weight is 513 g/mol. The molecule has 4 rings (SSSR count). The van der Waals surface area contributed by atoms with Gasteiger partial charge >= 0.3 is 0 Å². The van der Waals surface area contributed by atoms with Gasteiger partial charge in [-0.25, -0.2) is 0 Å². The number of anilines is 1. The van der Waals surface area contributed by atoms with Crippen LogP contribution >= 0.6 is 0 Å². The summed E-state index contributed by atoms with van der Waals surface area (Å²) in [6.45, 7) is 3.06. The number of fused-ring (bicyclic) bond motifs is 4. The molecule has 1 aliphatic heterocycles. The van der Waals surface area contributed by atoms with E-state index in [1.165, 1.54) is 31.2 Å². The highest BCUT2D eigenvalue weighted by molar-refractivity contribution is 6.04. The fourth-order valence-corrected chi connectivity index (χ4v) is 4.93. The van der Waals surface area contributed by atoms with E-state index < -0.39 is 0 Å². The van der Waals surface area contributed by atoms with Crippen LogP contribution in [0.2, 0.25) is 0 Å². The second-order valence-corrected chi connectivity index (χ2v) is 9.18. The van der Waals surface area contributed by atoms with Crippen molar-refractivity contribution in [3.05, 3.63) is 42.1 Å². The van der Waals surface area contributed by atoms with E-state index in [0.29, 0.717) is 12.2 Å². The fourth-order valence-electron chi connectivity index (χ4n) is 4.93. The molecule has 0 radical (unpaired) electrons. The number of carbonyl (C=O) groups is 1. The fraction of sp³-hybridized carbons (Fsp3) is 0.448. The van der Waals surface area contributed by atoms with Gasteiger partial charge in [-0.05, 0) is 35.6 Å². The van der Waals surface area contributed by atoms with E-state index in [-0.39, 0.29) is 18.3 Å². The smallest absolute Gasteiger partial charge is 0.224 e. The molecule has 0 aliphatic carbocycles. The normalized spacial score (nSPS) is 11.8. The summed E-state index contributed by atoms with van der Waals surface area (Å²) in [5.74, 6) is 2.19. The molecular weight excluding hydrogens is 476 g/mol. The van der Waals surface area contributed by atoms with E-state index in [9.17, 15) is 4.79 Å². The number of pyridine rings is 1. The van der Waals surface area contributed by atoms with Crippen LogP contribution in [0.3, 0.4) is 0 Å². The van der Waals surface area contributed by atoms with E-state index in [4.69, 9.17) is 14.2 Å². The molecule has 0 saturated carbocycles. The monoisotopic (exact) mass is 512 g/mol. The maximum atomic E-state index is 12.8. The van der Waals surface area contributed by atoms with E-state index in [2.05, 4.69) is 41.2 Å². The number of ether oxygens (including phenoxy) is 3. The summed E-state index contributed by atoms with van der Waals surface area (Å²) in [6, 6.07) is 10.3. The summed E-state index contributed by atoms with van der Waals surface area (Å²) >= 11 is 0. The molecule has 1 aliphatic rings. The van der Waals surface area contributed by atoms with E-state index in [0.717, 1.165) is 65.0 Å². The Morgan fingerprint density at radius 2 is 1.61 bits per heavy atom. The number of carbonyl (C=O) groups excluding carboxylic acids is 1. The Morgan fingerprint density at radius 3 is 2.33 bits per heavy atom. The highest BCUT2D eigenvalue weighted by Gasteiger charge is 2.27. The predicted molar refractivity (Wildman–Crippen MR) is 140 cm³/mol. The van der Waals surface area contributed by atoms with Gasteiger partial charge in [0, 0.05) is 18.9 Å². The number of benzene rings is 2. The van der Waals surface area contributed by atoms with Gasteiger partial charge in [0.05, 0.1) is 38.0 Å². The molecule has 1 N–H and O–H groups in total. The van der Waals surface area contributed by atoms with Crippen molar-refractivity contribution in [1.82, 2.24) is 0 Å². The maximum absolute atomic E-state index is 12.8. The van der Waals surface area contributed by atoms with Gasteiger partial charge in [0.25, 0.3) is 0 Å². The van der Waals surface area contributed by atoms with Crippen molar-refractivity contribution in [2.45, 2.75) is 64.8 Å². The van der Waals surface area contributed by atoms with Crippen LogP contribution in [-0.4, -0.2) is 27.2 Å². The van der Waals surface area contributed by atoms with E-state index in [1.807, 2.05) is 12.1 Å². The van der Waals surface area contributed by atoms with Gasteiger partial charge in [-0.3, -0.25) is 4.79 Å². The molecule has 0 bridgehead atoms. The molecule has 0 fully saturated rings. The zero-order valence-electron chi connectivity index (χ0n) is 21.8. The lowest BCUT2D eigenvalue weighted by molar-refractivity contribution is -0.686. The number of nitrogens with one attached hydrogen (secondary N) is 1. The number of amides is 1. The number of hydrogen-bond donors (Lipinski definition) is 1.